The molecule has 1 aliphatic rings. The van der Waals surface area contributed by atoms with E-state index in [0.717, 1.165) is 25.8 Å². The van der Waals surface area contributed by atoms with Crippen LogP contribution in [-0.4, -0.2) is 47.7 Å². The van der Waals surface area contributed by atoms with Gasteiger partial charge in [0, 0.05) is 26.1 Å². The predicted octanol–water partition coefficient (Wildman–Crippen LogP) is 2.54. The summed E-state index contributed by atoms with van der Waals surface area (Å²) in [5.41, 5.74) is 0. The molecule has 0 aromatic heterocycles. The molecule has 5 heteroatoms. The maximum Gasteiger partial charge on any atom is 0.303 e. The number of carbonyl (C=O) groups excluding carboxylic acids is 1. The Kier molecular flexibility index (Phi) is 7.72. The van der Waals surface area contributed by atoms with Crippen LogP contribution in [0.4, 0.5) is 0 Å². The van der Waals surface area contributed by atoms with Crippen molar-refractivity contribution in [3.05, 3.63) is 0 Å². The molecular formula is C16H29NO4. The lowest BCUT2D eigenvalue weighted by atomic mass is 9.93. The molecule has 1 N–H and O–H groups in total. The van der Waals surface area contributed by atoms with E-state index in [-0.39, 0.29) is 12.3 Å². The number of carboxylic acids is 1. The number of carbonyl (C=O) groups is 2. The van der Waals surface area contributed by atoms with Gasteiger partial charge in [-0.05, 0) is 44.4 Å². The minimum Gasteiger partial charge on any atom is -0.481 e. The Labute approximate surface area is 127 Å². The van der Waals surface area contributed by atoms with Crippen molar-refractivity contribution >= 4 is 11.9 Å². The maximum absolute atomic E-state index is 12.3. The number of nitrogens with zero attached hydrogens (tertiary/aromatic N) is 1. The zero-order valence-corrected chi connectivity index (χ0v) is 13.5. The molecule has 0 saturated carbocycles. The van der Waals surface area contributed by atoms with Gasteiger partial charge in [0.25, 0.3) is 5.91 Å². The molecule has 0 radical (unpaired) electrons. The molecule has 0 aromatic carbocycles. The lowest BCUT2D eigenvalue weighted by Crippen LogP contribution is -2.45. The lowest BCUT2D eigenvalue weighted by molar-refractivity contribution is -0.144. The minimum absolute atomic E-state index is 0.0405. The van der Waals surface area contributed by atoms with E-state index in [1.165, 1.54) is 0 Å². The molecule has 1 fully saturated rings. The third-order valence-electron chi connectivity index (χ3n) is 4.01. The van der Waals surface area contributed by atoms with E-state index < -0.39 is 12.1 Å². The molecule has 1 amide bonds. The second-order valence-corrected chi connectivity index (χ2v) is 6.42. The van der Waals surface area contributed by atoms with Gasteiger partial charge in [0.05, 0.1) is 0 Å². The summed E-state index contributed by atoms with van der Waals surface area (Å²) >= 11 is 0. The van der Waals surface area contributed by atoms with Gasteiger partial charge in [-0.15, -0.1) is 0 Å². The van der Waals surface area contributed by atoms with E-state index in [4.69, 9.17) is 9.84 Å². The van der Waals surface area contributed by atoms with Crippen LogP contribution in [0.3, 0.4) is 0 Å². The van der Waals surface area contributed by atoms with Crippen molar-refractivity contribution in [1.29, 1.82) is 0 Å². The first kappa shape index (κ1) is 18.0. The van der Waals surface area contributed by atoms with Crippen LogP contribution in [0.15, 0.2) is 0 Å². The van der Waals surface area contributed by atoms with Crippen LogP contribution in [0, 0.1) is 11.8 Å². The number of rotatable bonds is 8. The van der Waals surface area contributed by atoms with Crippen molar-refractivity contribution < 1.29 is 19.4 Å². The van der Waals surface area contributed by atoms with Crippen molar-refractivity contribution in [1.82, 2.24) is 4.90 Å². The molecule has 0 bridgehead atoms. The Balaban J connectivity index is 2.36. The van der Waals surface area contributed by atoms with Gasteiger partial charge in [0.15, 0.2) is 0 Å². The highest BCUT2D eigenvalue weighted by molar-refractivity contribution is 5.80. The van der Waals surface area contributed by atoms with E-state index in [2.05, 4.69) is 13.8 Å². The first-order valence-corrected chi connectivity index (χ1v) is 8.02. The Morgan fingerprint density at radius 3 is 2.67 bits per heavy atom. The van der Waals surface area contributed by atoms with Crippen LogP contribution in [0.5, 0.6) is 0 Å². The number of aliphatic carboxylic acids is 1. The second-order valence-electron chi connectivity index (χ2n) is 6.42. The van der Waals surface area contributed by atoms with Crippen molar-refractivity contribution in [3.63, 3.8) is 0 Å². The van der Waals surface area contributed by atoms with Crippen LogP contribution in [0.1, 0.15) is 52.9 Å². The third kappa shape index (κ3) is 6.93. The van der Waals surface area contributed by atoms with E-state index in [1.54, 1.807) is 0 Å². The highest BCUT2D eigenvalue weighted by Crippen LogP contribution is 2.22. The van der Waals surface area contributed by atoms with Gasteiger partial charge in [0.2, 0.25) is 0 Å². The van der Waals surface area contributed by atoms with Gasteiger partial charge < -0.3 is 14.7 Å². The largest absolute Gasteiger partial charge is 0.481 e. The third-order valence-corrected chi connectivity index (χ3v) is 4.01. The molecule has 1 saturated heterocycles. The average Bonchev–Trinajstić information content (AvgIpc) is 2.44. The summed E-state index contributed by atoms with van der Waals surface area (Å²) in [6.45, 7) is 8.12. The lowest BCUT2D eigenvalue weighted by Gasteiger charge is -2.34. The fourth-order valence-corrected chi connectivity index (χ4v) is 2.64. The SMILES string of the molecule is CC(C)CCOC(C)C(=O)N1CCCC(CCC(=O)O)C1. The zero-order chi connectivity index (χ0) is 15.8. The number of piperidine rings is 1. The minimum atomic E-state index is -0.760. The average molecular weight is 299 g/mol. The molecular weight excluding hydrogens is 270 g/mol. The highest BCUT2D eigenvalue weighted by atomic mass is 16.5. The normalized spacial score (nSPS) is 20.6. The summed E-state index contributed by atoms with van der Waals surface area (Å²) < 4.78 is 5.62. The fourth-order valence-electron chi connectivity index (χ4n) is 2.64. The van der Waals surface area contributed by atoms with Gasteiger partial charge in [-0.2, -0.15) is 0 Å². The van der Waals surface area contributed by atoms with Crippen LogP contribution in [0.25, 0.3) is 0 Å². The van der Waals surface area contributed by atoms with Crippen molar-refractivity contribution in [2.24, 2.45) is 11.8 Å². The number of amides is 1. The number of likely N-dealkylation sites (tertiary alicyclic amines) is 1. The summed E-state index contributed by atoms with van der Waals surface area (Å²) in [5, 5.41) is 8.75. The standard InChI is InChI=1S/C16H29NO4/c1-12(2)8-10-21-13(3)16(20)17-9-4-5-14(11-17)6-7-15(18)19/h12-14H,4-11H2,1-3H3,(H,18,19). The Hall–Kier alpha value is -1.10. The maximum atomic E-state index is 12.3. The molecule has 122 valence electrons. The Bertz CT molecular complexity index is 343. The summed E-state index contributed by atoms with van der Waals surface area (Å²) in [6, 6.07) is 0. The molecule has 0 spiro atoms. The van der Waals surface area contributed by atoms with Crippen LogP contribution in [-0.2, 0) is 14.3 Å². The second kappa shape index (κ2) is 9.03. The summed E-state index contributed by atoms with van der Waals surface area (Å²) in [5.74, 6) is 0.159. The molecule has 5 nitrogen and oxygen atoms in total. The van der Waals surface area contributed by atoms with Crippen LogP contribution >= 0.6 is 0 Å². The molecule has 21 heavy (non-hydrogen) atoms. The van der Waals surface area contributed by atoms with E-state index in [9.17, 15) is 9.59 Å². The number of hydrogen-bond acceptors (Lipinski definition) is 3. The quantitative estimate of drug-likeness (QED) is 0.748. The molecule has 2 atom stereocenters. The highest BCUT2D eigenvalue weighted by Gasteiger charge is 2.27. The molecule has 2 unspecified atom stereocenters. The van der Waals surface area contributed by atoms with E-state index in [0.29, 0.717) is 31.4 Å². The zero-order valence-electron chi connectivity index (χ0n) is 13.5. The van der Waals surface area contributed by atoms with Gasteiger partial charge in [-0.25, -0.2) is 0 Å². The summed E-state index contributed by atoms with van der Waals surface area (Å²) in [6.07, 6.45) is 3.37. The first-order chi connectivity index (χ1) is 9.90. The molecule has 1 aliphatic heterocycles. The van der Waals surface area contributed by atoms with Crippen molar-refractivity contribution in [2.45, 2.75) is 59.0 Å². The smallest absolute Gasteiger partial charge is 0.303 e. The van der Waals surface area contributed by atoms with E-state index >= 15 is 0 Å². The fraction of sp³-hybridized carbons (Fsp3) is 0.875. The summed E-state index contributed by atoms with van der Waals surface area (Å²) in [7, 11) is 0. The van der Waals surface area contributed by atoms with Crippen molar-refractivity contribution in [2.75, 3.05) is 19.7 Å². The molecule has 0 aromatic rings. The first-order valence-electron chi connectivity index (χ1n) is 8.02. The number of ether oxygens (including phenoxy) is 1. The van der Waals surface area contributed by atoms with Gasteiger partial charge in [-0.1, -0.05) is 13.8 Å². The van der Waals surface area contributed by atoms with Gasteiger partial charge >= 0.3 is 5.97 Å². The molecule has 0 aliphatic carbocycles. The molecule has 1 heterocycles. The van der Waals surface area contributed by atoms with Gasteiger partial charge in [-0.3, -0.25) is 9.59 Å². The molecule has 1 rings (SSSR count). The van der Waals surface area contributed by atoms with Crippen LogP contribution < -0.4 is 0 Å². The Morgan fingerprint density at radius 2 is 2.05 bits per heavy atom. The number of hydrogen-bond donors (Lipinski definition) is 1. The summed E-state index contributed by atoms with van der Waals surface area (Å²) in [4.78, 5) is 24.8. The Morgan fingerprint density at radius 1 is 1.33 bits per heavy atom. The monoisotopic (exact) mass is 299 g/mol. The number of carboxylic acid groups (broad SMARTS) is 1. The van der Waals surface area contributed by atoms with E-state index in [1.807, 2.05) is 11.8 Å². The van der Waals surface area contributed by atoms with Crippen molar-refractivity contribution in [3.8, 4) is 0 Å². The topological polar surface area (TPSA) is 66.8 Å². The van der Waals surface area contributed by atoms with Gasteiger partial charge in [0.1, 0.15) is 6.10 Å². The predicted molar refractivity (Wildman–Crippen MR) is 81.0 cm³/mol. The van der Waals surface area contributed by atoms with Crippen LogP contribution in [0.2, 0.25) is 0 Å².